The summed E-state index contributed by atoms with van der Waals surface area (Å²) in [6, 6.07) is 15.6. The fourth-order valence-electron chi connectivity index (χ4n) is 2.40. The van der Waals surface area contributed by atoms with Gasteiger partial charge in [-0.15, -0.1) is 11.3 Å². The molecule has 1 amide bonds. The lowest BCUT2D eigenvalue weighted by atomic mass is 10.2. The summed E-state index contributed by atoms with van der Waals surface area (Å²) in [4.78, 5) is 17.6. The van der Waals surface area contributed by atoms with Crippen LogP contribution in [0.3, 0.4) is 0 Å². The number of amides is 1. The molecule has 5 heteroatoms. The molecule has 0 atom stereocenters. The second-order valence-corrected chi connectivity index (χ2v) is 6.98. The second kappa shape index (κ2) is 7.49. The summed E-state index contributed by atoms with van der Waals surface area (Å²) >= 11 is 1.37. The van der Waals surface area contributed by atoms with Crippen LogP contribution in [0.25, 0.3) is 0 Å². The van der Waals surface area contributed by atoms with Crippen LogP contribution in [0.4, 0.5) is 5.69 Å². The SMILES string of the molecule is Cc1ccc(OCc2nc(C)c(C(=O)Nc3ccccc3C)s2)cc1. The number of carbonyl (C=O) groups is 1. The molecule has 128 valence electrons. The van der Waals surface area contributed by atoms with Gasteiger partial charge >= 0.3 is 0 Å². The molecule has 0 aliphatic carbocycles. The minimum Gasteiger partial charge on any atom is -0.486 e. The molecule has 25 heavy (non-hydrogen) atoms. The van der Waals surface area contributed by atoms with Gasteiger partial charge in [0, 0.05) is 5.69 Å². The van der Waals surface area contributed by atoms with E-state index in [-0.39, 0.29) is 5.91 Å². The molecule has 0 radical (unpaired) electrons. The van der Waals surface area contributed by atoms with Gasteiger partial charge in [0.15, 0.2) is 0 Å². The summed E-state index contributed by atoms with van der Waals surface area (Å²) in [6.07, 6.45) is 0. The number of anilines is 1. The molecular weight excluding hydrogens is 332 g/mol. The van der Waals surface area contributed by atoms with Crippen molar-refractivity contribution >= 4 is 22.9 Å². The zero-order valence-electron chi connectivity index (χ0n) is 14.5. The first-order chi connectivity index (χ1) is 12.0. The highest BCUT2D eigenvalue weighted by atomic mass is 32.1. The van der Waals surface area contributed by atoms with Gasteiger partial charge in [0.2, 0.25) is 0 Å². The van der Waals surface area contributed by atoms with Crippen molar-refractivity contribution in [3.05, 3.63) is 75.2 Å². The number of ether oxygens (including phenoxy) is 1. The van der Waals surface area contributed by atoms with Crippen molar-refractivity contribution in [2.75, 3.05) is 5.32 Å². The molecule has 0 unspecified atom stereocenters. The van der Waals surface area contributed by atoms with E-state index in [0.717, 1.165) is 27.7 Å². The van der Waals surface area contributed by atoms with Gasteiger partial charge in [-0.1, -0.05) is 35.9 Å². The van der Waals surface area contributed by atoms with Crippen molar-refractivity contribution in [2.24, 2.45) is 0 Å². The fourth-order valence-corrected chi connectivity index (χ4v) is 3.27. The summed E-state index contributed by atoms with van der Waals surface area (Å²) in [6.45, 7) is 6.20. The molecule has 0 saturated carbocycles. The van der Waals surface area contributed by atoms with Crippen molar-refractivity contribution in [1.29, 1.82) is 0 Å². The van der Waals surface area contributed by atoms with E-state index in [1.165, 1.54) is 16.9 Å². The Balaban J connectivity index is 1.68. The zero-order chi connectivity index (χ0) is 17.8. The Morgan fingerprint density at radius 1 is 1.08 bits per heavy atom. The first-order valence-corrected chi connectivity index (χ1v) is 8.87. The van der Waals surface area contributed by atoms with Crippen molar-refractivity contribution in [3.8, 4) is 5.75 Å². The number of hydrogen-bond donors (Lipinski definition) is 1. The number of para-hydroxylation sites is 1. The maximum absolute atomic E-state index is 12.5. The molecule has 0 aliphatic heterocycles. The Morgan fingerprint density at radius 3 is 2.52 bits per heavy atom. The van der Waals surface area contributed by atoms with Crippen LogP contribution in [0.15, 0.2) is 48.5 Å². The number of aryl methyl sites for hydroxylation is 3. The molecule has 1 N–H and O–H groups in total. The summed E-state index contributed by atoms with van der Waals surface area (Å²) in [5.41, 5.74) is 3.75. The molecule has 1 heterocycles. The van der Waals surface area contributed by atoms with Gasteiger partial charge in [0.1, 0.15) is 22.2 Å². The second-order valence-electron chi connectivity index (χ2n) is 5.89. The molecular formula is C20H20N2O2S. The van der Waals surface area contributed by atoms with Gasteiger partial charge in [-0.05, 0) is 44.5 Å². The standard InChI is InChI=1S/C20H20N2O2S/c1-13-8-10-16(11-9-13)24-12-18-21-15(3)19(25-18)20(23)22-17-7-5-4-6-14(17)2/h4-11H,12H2,1-3H3,(H,22,23). The highest BCUT2D eigenvalue weighted by molar-refractivity contribution is 7.13. The Bertz CT molecular complexity index is 885. The molecule has 0 bridgehead atoms. The summed E-state index contributed by atoms with van der Waals surface area (Å²) < 4.78 is 5.75. The topological polar surface area (TPSA) is 51.2 Å². The first kappa shape index (κ1) is 17.2. The average Bonchev–Trinajstić information content (AvgIpc) is 2.97. The van der Waals surface area contributed by atoms with Crippen LogP contribution in [-0.2, 0) is 6.61 Å². The van der Waals surface area contributed by atoms with Crippen LogP contribution < -0.4 is 10.1 Å². The van der Waals surface area contributed by atoms with Gasteiger partial charge in [-0.3, -0.25) is 4.79 Å². The number of benzene rings is 2. The van der Waals surface area contributed by atoms with Gasteiger partial charge in [-0.25, -0.2) is 4.98 Å². The molecule has 3 aromatic rings. The largest absolute Gasteiger partial charge is 0.486 e. The van der Waals surface area contributed by atoms with Crippen LogP contribution >= 0.6 is 11.3 Å². The highest BCUT2D eigenvalue weighted by Crippen LogP contribution is 2.23. The van der Waals surface area contributed by atoms with Crippen LogP contribution in [0.1, 0.15) is 31.5 Å². The Hall–Kier alpha value is -2.66. The predicted octanol–water partition coefficient (Wildman–Crippen LogP) is 4.90. The number of nitrogens with one attached hydrogen (secondary N) is 1. The lowest BCUT2D eigenvalue weighted by molar-refractivity contribution is 0.102. The fraction of sp³-hybridized carbons (Fsp3) is 0.200. The average molecular weight is 352 g/mol. The van der Waals surface area contributed by atoms with E-state index >= 15 is 0 Å². The molecule has 0 fully saturated rings. The summed E-state index contributed by atoms with van der Waals surface area (Å²) in [5, 5.41) is 3.74. The number of carbonyl (C=O) groups excluding carboxylic acids is 1. The molecule has 1 aromatic heterocycles. The molecule has 3 rings (SSSR count). The third-order valence-electron chi connectivity index (χ3n) is 3.82. The maximum Gasteiger partial charge on any atom is 0.267 e. The molecule has 2 aromatic carbocycles. The van der Waals surface area contributed by atoms with Gasteiger partial charge in [0.05, 0.1) is 5.69 Å². The van der Waals surface area contributed by atoms with Crippen molar-refractivity contribution < 1.29 is 9.53 Å². The zero-order valence-corrected chi connectivity index (χ0v) is 15.3. The van der Waals surface area contributed by atoms with Gasteiger partial charge in [-0.2, -0.15) is 0 Å². The number of thiazole rings is 1. The maximum atomic E-state index is 12.5. The van der Waals surface area contributed by atoms with E-state index in [0.29, 0.717) is 11.5 Å². The van der Waals surface area contributed by atoms with E-state index in [4.69, 9.17) is 4.74 Å². The van der Waals surface area contributed by atoms with Crippen LogP contribution in [0.2, 0.25) is 0 Å². The lowest BCUT2D eigenvalue weighted by Gasteiger charge is -2.06. The normalized spacial score (nSPS) is 10.5. The van der Waals surface area contributed by atoms with E-state index in [1.54, 1.807) is 0 Å². The molecule has 0 aliphatic rings. The van der Waals surface area contributed by atoms with Gasteiger partial charge in [0.25, 0.3) is 5.91 Å². The Kier molecular flexibility index (Phi) is 5.14. The quantitative estimate of drug-likeness (QED) is 0.710. The summed E-state index contributed by atoms with van der Waals surface area (Å²) in [5.74, 6) is 0.662. The molecule has 0 spiro atoms. The first-order valence-electron chi connectivity index (χ1n) is 8.05. The van der Waals surface area contributed by atoms with Crippen molar-refractivity contribution in [2.45, 2.75) is 27.4 Å². The summed E-state index contributed by atoms with van der Waals surface area (Å²) in [7, 11) is 0. The lowest BCUT2D eigenvalue weighted by Crippen LogP contribution is -2.12. The predicted molar refractivity (Wildman–Crippen MR) is 101 cm³/mol. The van der Waals surface area contributed by atoms with E-state index in [2.05, 4.69) is 10.3 Å². The number of hydrogen-bond acceptors (Lipinski definition) is 4. The minimum atomic E-state index is -0.133. The minimum absolute atomic E-state index is 0.133. The van der Waals surface area contributed by atoms with Crippen LogP contribution in [-0.4, -0.2) is 10.9 Å². The smallest absolute Gasteiger partial charge is 0.267 e. The van der Waals surface area contributed by atoms with Crippen LogP contribution in [0.5, 0.6) is 5.75 Å². The number of rotatable bonds is 5. The Labute approximate surface area is 151 Å². The van der Waals surface area contributed by atoms with E-state index in [9.17, 15) is 4.79 Å². The number of aromatic nitrogens is 1. The highest BCUT2D eigenvalue weighted by Gasteiger charge is 2.16. The van der Waals surface area contributed by atoms with Crippen molar-refractivity contribution in [3.63, 3.8) is 0 Å². The van der Waals surface area contributed by atoms with Crippen LogP contribution in [0, 0.1) is 20.8 Å². The third-order valence-corrected chi connectivity index (χ3v) is 4.95. The van der Waals surface area contributed by atoms with Gasteiger partial charge < -0.3 is 10.1 Å². The molecule has 0 saturated heterocycles. The van der Waals surface area contributed by atoms with E-state index in [1.807, 2.05) is 69.3 Å². The van der Waals surface area contributed by atoms with E-state index < -0.39 is 0 Å². The monoisotopic (exact) mass is 352 g/mol. The molecule has 4 nitrogen and oxygen atoms in total. The Morgan fingerprint density at radius 2 is 1.80 bits per heavy atom. The third kappa shape index (κ3) is 4.25. The van der Waals surface area contributed by atoms with Crippen molar-refractivity contribution in [1.82, 2.24) is 4.98 Å². The number of nitrogens with zero attached hydrogens (tertiary/aromatic N) is 1.